The van der Waals surface area contributed by atoms with E-state index < -0.39 is 18.2 Å². The minimum atomic E-state index is -4.09. The average molecular weight is 765 g/mol. The van der Waals surface area contributed by atoms with Gasteiger partial charge in [0, 0.05) is 72.7 Å². The second-order valence-corrected chi connectivity index (χ2v) is 13.4. The Morgan fingerprint density at radius 1 is 1.04 bits per heavy atom. The molecule has 3 aliphatic heterocycles. The Labute approximate surface area is 287 Å². The van der Waals surface area contributed by atoms with Gasteiger partial charge < -0.3 is 27.4 Å². The van der Waals surface area contributed by atoms with Crippen molar-refractivity contribution in [3.63, 3.8) is 0 Å². The number of hydrogen-bond donors (Lipinski definition) is 1. The van der Waals surface area contributed by atoms with Crippen LogP contribution in [0.3, 0.4) is 0 Å². The molecule has 0 spiro atoms. The van der Waals surface area contributed by atoms with Gasteiger partial charge in [0.05, 0.1) is 28.7 Å². The van der Waals surface area contributed by atoms with Crippen LogP contribution in [-0.4, -0.2) is 84.0 Å². The summed E-state index contributed by atoms with van der Waals surface area (Å²) in [6, 6.07) is 10.2. The monoisotopic (exact) mass is 765 g/mol. The van der Waals surface area contributed by atoms with E-state index in [9.17, 15) is 19.2 Å². The zero-order valence-electron chi connectivity index (χ0n) is 26.3. The topological polar surface area (TPSA) is 116 Å². The van der Waals surface area contributed by atoms with E-state index in [2.05, 4.69) is 9.97 Å². The van der Waals surface area contributed by atoms with Crippen LogP contribution in [0.5, 0.6) is 0 Å². The summed E-state index contributed by atoms with van der Waals surface area (Å²) in [4.78, 5) is 61.9. The number of nitrogens with one attached hydrogen (secondary N) is 1. The summed E-state index contributed by atoms with van der Waals surface area (Å²) in [6.07, 6.45) is 6.93. The van der Waals surface area contributed by atoms with Gasteiger partial charge in [0.25, 0.3) is 11.5 Å². The highest BCUT2D eigenvalue weighted by molar-refractivity contribution is 14.1. The van der Waals surface area contributed by atoms with Crippen LogP contribution in [0.2, 0.25) is 0 Å². The van der Waals surface area contributed by atoms with Gasteiger partial charge in [-0.3, -0.25) is 28.9 Å². The molecular formula is C33H31BF2IN7O4. The van der Waals surface area contributed by atoms with E-state index in [0.717, 1.165) is 14.5 Å². The second-order valence-electron chi connectivity index (χ2n) is 12.3. The molecule has 3 aromatic heterocycles. The molecule has 1 saturated heterocycles. The molecule has 4 aromatic rings. The maximum Gasteiger partial charge on any atom is 0.737 e. The molecule has 246 valence electrons. The van der Waals surface area contributed by atoms with E-state index in [1.165, 1.54) is 4.57 Å². The third-order valence-electron chi connectivity index (χ3n) is 9.29. The van der Waals surface area contributed by atoms with E-state index in [-0.39, 0.29) is 31.2 Å². The van der Waals surface area contributed by atoms with Crippen molar-refractivity contribution >= 4 is 64.1 Å². The normalized spacial score (nSPS) is 16.7. The summed E-state index contributed by atoms with van der Waals surface area (Å²) in [7, 11) is 0. The number of pyridine rings is 1. The fraction of sp³-hybridized carbons (Fsp3) is 0.273. The largest absolute Gasteiger partial charge is 0.737 e. The van der Waals surface area contributed by atoms with Crippen molar-refractivity contribution in [2.75, 3.05) is 26.2 Å². The van der Waals surface area contributed by atoms with E-state index in [4.69, 9.17) is 0 Å². The van der Waals surface area contributed by atoms with Crippen LogP contribution >= 0.6 is 22.6 Å². The summed E-state index contributed by atoms with van der Waals surface area (Å²) in [6.45, 7) is 0.735. The molecule has 0 unspecified atom stereocenters. The predicted octanol–water partition coefficient (Wildman–Crippen LogP) is 3.52. The number of aromatic amines is 1. The molecule has 3 aliphatic rings. The molecule has 0 bridgehead atoms. The highest BCUT2D eigenvalue weighted by Gasteiger charge is 2.52. The smallest absolute Gasteiger partial charge is 0.394 e. The zero-order valence-corrected chi connectivity index (χ0v) is 28.4. The first-order valence-corrected chi connectivity index (χ1v) is 16.7. The Kier molecular flexibility index (Phi) is 8.04. The molecule has 0 atom stereocenters. The number of rotatable bonds is 6. The van der Waals surface area contributed by atoms with E-state index in [0.29, 0.717) is 74.7 Å². The molecule has 0 radical (unpaired) electrons. The Bertz CT molecular complexity index is 2250. The number of H-pyrrole nitrogens is 1. The minimum absolute atomic E-state index is 0.0530. The molecule has 1 aromatic carbocycles. The number of halogens is 3. The molecular weight excluding hydrogens is 734 g/mol. The van der Waals surface area contributed by atoms with Gasteiger partial charge in [0.2, 0.25) is 5.91 Å². The van der Waals surface area contributed by atoms with Gasteiger partial charge >= 0.3 is 12.7 Å². The summed E-state index contributed by atoms with van der Waals surface area (Å²) >= 11 is 2.05. The number of para-hydroxylation sites is 1. The number of hydrogen-bond acceptors (Lipinski definition) is 5. The van der Waals surface area contributed by atoms with Gasteiger partial charge in [-0.15, -0.1) is 0 Å². The Morgan fingerprint density at radius 3 is 2.54 bits per heavy atom. The number of allylic oxidation sites excluding steroid dienone is 2. The van der Waals surface area contributed by atoms with Gasteiger partial charge in [-0.2, -0.15) is 0 Å². The molecule has 0 aliphatic carbocycles. The Balaban J connectivity index is 1.01. The number of benzene rings is 1. The van der Waals surface area contributed by atoms with Crippen molar-refractivity contribution in [3.05, 3.63) is 113 Å². The van der Waals surface area contributed by atoms with Crippen molar-refractivity contribution in [3.8, 4) is 0 Å². The Hall–Kier alpha value is -4.67. The number of carbonyl (C=O) groups excluding carboxylic acids is 2. The zero-order chi connectivity index (χ0) is 33.9. The lowest BCUT2D eigenvalue weighted by Crippen LogP contribution is -2.51. The highest BCUT2D eigenvalue weighted by atomic mass is 127. The standard InChI is InChI=1S/C33H31BF2IN7O4/c1-20-15-21(2)43-29(20)17-24-8-7-23(44(24)34(43,35)36)9-10-30(45)40-11-13-41(14-12-40)32(47)26-16-22(38-18-27(26)37)19-42-28-6-4-3-5-25(28)31(46)39-33(42)48/h3-8,15-18H,9-14,19H2,1-2H3,(H,39,46,48). The van der Waals surface area contributed by atoms with Gasteiger partial charge in [-0.25, -0.2) is 4.79 Å². The van der Waals surface area contributed by atoms with Crippen LogP contribution in [0.25, 0.3) is 17.0 Å². The fourth-order valence-electron chi connectivity index (χ4n) is 6.91. The third-order valence-corrected chi connectivity index (χ3v) is 10.2. The lowest BCUT2D eigenvalue weighted by molar-refractivity contribution is -0.362. The molecule has 11 nitrogen and oxygen atoms in total. The lowest BCUT2D eigenvalue weighted by Gasteiger charge is -2.35. The number of aromatic nitrogens is 4. The SMILES string of the molecule is Cc1cc(C)n2c1C=C1C=CC(CCC(=O)N3CCN(C(=O)c4cc(Cn5c(=O)[nH]c(=O)c6ccccc65)ncc4I)CC3)=[N+]1[B-]2(F)F. The first-order chi connectivity index (χ1) is 22.9. The fourth-order valence-corrected chi connectivity index (χ4v) is 7.44. The van der Waals surface area contributed by atoms with Crippen LogP contribution in [0, 0.1) is 17.4 Å². The van der Waals surface area contributed by atoms with Crippen LogP contribution in [-0.2, 0) is 11.3 Å². The summed E-state index contributed by atoms with van der Waals surface area (Å²) in [5.74, 6) is -0.370. The van der Waals surface area contributed by atoms with Crippen LogP contribution < -0.4 is 11.2 Å². The van der Waals surface area contributed by atoms with Crippen molar-refractivity contribution in [1.29, 1.82) is 0 Å². The Morgan fingerprint density at radius 2 is 1.77 bits per heavy atom. The van der Waals surface area contributed by atoms with Gasteiger partial charge in [0.15, 0.2) is 5.70 Å². The van der Waals surface area contributed by atoms with Crippen molar-refractivity contribution in [2.45, 2.75) is 33.2 Å². The number of piperazine rings is 1. The third kappa shape index (κ3) is 5.43. The van der Waals surface area contributed by atoms with Crippen LogP contribution in [0.1, 0.15) is 45.8 Å². The van der Waals surface area contributed by atoms with Crippen molar-refractivity contribution in [1.82, 2.24) is 28.8 Å². The minimum Gasteiger partial charge on any atom is -0.394 e. The van der Waals surface area contributed by atoms with E-state index in [1.807, 2.05) is 29.5 Å². The van der Waals surface area contributed by atoms with Crippen LogP contribution in [0.4, 0.5) is 8.63 Å². The lowest BCUT2D eigenvalue weighted by atomic mass is 9.90. The maximum absolute atomic E-state index is 15.8. The summed E-state index contributed by atoms with van der Waals surface area (Å²) < 4.78 is 35.7. The molecule has 48 heavy (non-hydrogen) atoms. The van der Waals surface area contributed by atoms with E-state index >= 15 is 8.63 Å². The molecule has 0 saturated carbocycles. The number of aryl methyl sites for hydroxylation is 2. The van der Waals surface area contributed by atoms with Crippen molar-refractivity contribution < 1.29 is 22.7 Å². The average Bonchev–Trinajstić information content (AvgIpc) is 3.62. The highest BCUT2D eigenvalue weighted by Crippen LogP contribution is 2.34. The van der Waals surface area contributed by atoms with Gasteiger partial charge in [0.1, 0.15) is 5.71 Å². The van der Waals surface area contributed by atoms with Gasteiger partial charge in [-0.1, -0.05) is 12.1 Å². The maximum atomic E-state index is 15.8. The molecule has 6 heterocycles. The number of amides is 2. The predicted molar refractivity (Wildman–Crippen MR) is 186 cm³/mol. The summed E-state index contributed by atoms with van der Waals surface area (Å²) in [5, 5.41) is 0.372. The first-order valence-electron chi connectivity index (χ1n) is 15.6. The summed E-state index contributed by atoms with van der Waals surface area (Å²) in [5.41, 5.74) is 2.96. The molecule has 1 N–H and O–H groups in total. The number of carbonyl (C=O) groups is 2. The van der Waals surface area contributed by atoms with Crippen molar-refractivity contribution in [2.24, 2.45) is 0 Å². The quantitative estimate of drug-likeness (QED) is 0.239. The second kappa shape index (κ2) is 12.1. The number of fused-ring (bicyclic) bond motifs is 3. The first kappa shape index (κ1) is 31.9. The van der Waals surface area contributed by atoms with E-state index in [1.54, 1.807) is 77.5 Å². The molecule has 2 amide bonds. The van der Waals surface area contributed by atoms with Gasteiger partial charge in [-0.05, 0) is 72.0 Å². The molecule has 1 fully saturated rings. The molecule has 15 heteroatoms. The molecule has 7 rings (SSSR count). The number of nitrogens with zero attached hydrogens (tertiary/aromatic N) is 6. The van der Waals surface area contributed by atoms with Crippen LogP contribution in [0.15, 0.2) is 70.0 Å².